The maximum atomic E-state index is 9.70. The van der Waals surface area contributed by atoms with Crippen LogP contribution in [0.1, 0.15) is 5.56 Å². The maximum absolute atomic E-state index is 9.70. The van der Waals surface area contributed by atoms with Crippen LogP contribution in [0.25, 0.3) is 11.4 Å². The van der Waals surface area contributed by atoms with Crippen molar-refractivity contribution in [3.63, 3.8) is 0 Å². The molecule has 2 N–H and O–H groups in total. The minimum absolute atomic E-state index is 0.0674. The Bertz CT molecular complexity index is 1130. The number of hydrogen-bond acceptors (Lipinski definition) is 9. The van der Waals surface area contributed by atoms with Gasteiger partial charge in [0.15, 0.2) is 5.82 Å². The van der Waals surface area contributed by atoms with E-state index in [9.17, 15) is 5.11 Å². The van der Waals surface area contributed by atoms with E-state index in [1.54, 1.807) is 12.1 Å². The molecule has 2 aliphatic rings. The van der Waals surface area contributed by atoms with Gasteiger partial charge < -0.3 is 20.1 Å². The number of benzene rings is 2. The van der Waals surface area contributed by atoms with Crippen molar-refractivity contribution >= 4 is 17.3 Å². The van der Waals surface area contributed by atoms with Crippen LogP contribution in [0, 0.1) is 11.3 Å². The Morgan fingerprint density at radius 1 is 1.03 bits per heavy atom. The molecular weight excluding hydrogens is 406 g/mol. The van der Waals surface area contributed by atoms with E-state index in [1.165, 1.54) is 18.1 Å². The Morgan fingerprint density at radius 3 is 2.50 bits per heavy atom. The zero-order valence-corrected chi connectivity index (χ0v) is 17.5. The molecule has 9 nitrogen and oxygen atoms in total. The topological polar surface area (TPSA) is 110 Å². The molecule has 2 aromatic carbocycles. The van der Waals surface area contributed by atoms with Crippen LogP contribution in [0.15, 0.2) is 48.8 Å². The van der Waals surface area contributed by atoms with Crippen LogP contribution < -0.4 is 10.2 Å². The second-order valence-electron chi connectivity index (χ2n) is 7.86. The summed E-state index contributed by atoms with van der Waals surface area (Å²) in [4.78, 5) is 17.7. The van der Waals surface area contributed by atoms with Crippen molar-refractivity contribution < 1.29 is 9.84 Å². The van der Waals surface area contributed by atoms with E-state index in [4.69, 9.17) is 10.00 Å². The first-order valence-electron chi connectivity index (χ1n) is 10.6. The first-order chi connectivity index (χ1) is 15.7. The van der Waals surface area contributed by atoms with Crippen LogP contribution in [0.2, 0.25) is 0 Å². The summed E-state index contributed by atoms with van der Waals surface area (Å²) in [5.74, 6) is 0.762. The zero-order chi connectivity index (χ0) is 21.9. The Morgan fingerprint density at radius 2 is 1.81 bits per heavy atom. The highest BCUT2D eigenvalue weighted by Crippen LogP contribution is 2.25. The third kappa shape index (κ3) is 4.19. The fraction of sp³-hybridized carbons (Fsp3) is 0.304. The number of nitrogens with zero attached hydrogens (tertiary/aromatic N) is 6. The minimum Gasteiger partial charge on any atom is -0.507 e. The molecule has 1 aromatic heterocycles. The molecule has 3 aromatic rings. The van der Waals surface area contributed by atoms with Crippen molar-refractivity contribution in [2.24, 2.45) is 0 Å². The molecule has 0 radical (unpaired) electrons. The lowest BCUT2D eigenvalue weighted by molar-refractivity contribution is -0.0660. The van der Waals surface area contributed by atoms with Gasteiger partial charge in [-0.1, -0.05) is 0 Å². The number of phenols is 1. The van der Waals surface area contributed by atoms with Gasteiger partial charge in [-0.25, -0.2) is 9.97 Å². The number of hydrogen-bond donors (Lipinski definition) is 2. The summed E-state index contributed by atoms with van der Waals surface area (Å²) in [5, 5.41) is 22.0. The number of aromatic hydroxyl groups is 1. The van der Waals surface area contributed by atoms with Crippen molar-refractivity contribution in [1.29, 1.82) is 5.26 Å². The van der Waals surface area contributed by atoms with Gasteiger partial charge in [-0.15, -0.1) is 0 Å². The standard InChI is InChI=1S/C23H23N7O2/c24-12-17-11-16(1-6-21(17)31)22-25-15-26-23(28-22)27-18-2-4-19(5-3-18)29-7-9-30(10-8-29)20-13-32-14-20/h1-6,11,15,20,31H,7-10,13-14H2,(H,25,26,27,28). The molecule has 3 heterocycles. The molecule has 0 aliphatic carbocycles. The Hall–Kier alpha value is -3.74. The van der Waals surface area contributed by atoms with E-state index < -0.39 is 0 Å². The predicted molar refractivity (Wildman–Crippen MR) is 120 cm³/mol. The fourth-order valence-corrected chi connectivity index (χ4v) is 3.92. The highest BCUT2D eigenvalue weighted by Gasteiger charge is 2.28. The van der Waals surface area contributed by atoms with Gasteiger partial charge >= 0.3 is 0 Å². The average Bonchev–Trinajstić information content (AvgIpc) is 2.80. The molecule has 9 heteroatoms. The number of ether oxygens (including phenoxy) is 1. The zero-order valence-electron chi connectivity index (χ0n) is 17.5. The van der Waals surface area contributed by atoms with E-state index in [1.807, 2.05) is 18.2 Å². The van der Waals surface area contributed by atoms with Gasteiger partial charge in [-0.2, -0.15) is 10.2 Å². The number of nitrogens with one attached hydrogen (secondary N) is 1. The van der Waals surface area contributed by atoms with Crippen molar-refractivity contribution in [2.45, 2.75) is 6.04 Å². The van der Waals surface area contributed by atoms with Gasteiger partial charge in [-0.3, -0.25) is 4.90 Å². The molecule has 162 valence electrons. The van der Waals surface area contributed by atoms with E-state index in [2.05, 4.69) is 42.2 Å². The summed E-state index contributed by atoms with van der Waals surface area (Å²) in [7, 11) is 0. The second-order valence-corrected chi connectivity index (χ2v) is 7.86. The summed E-state index contributed by atoms with van der Waals surface area (Å²) in [6, 6.07) is 15.5. The first kappa shape index (κ1) is 20.2. The quantitative estimate of drug-likeness (QED) is 0.631. The molecule has 2 fully saturated rings. The lowest BCUT2D eigenvalue weighted by Crippen LogP contribution is -2.56. The summed E-state index contributed by atoms with van der Waals surface area (Å²) in [6.07, 6.45) is 1.42. The lowest BCUT2D eigenvalue weighted by Gasteiger charge is -2.43. The third-order valence-electron chi connectivity index (χ3n) is 5.89. The highest BCUT2D eigenvalue weighted by atomic mass is 16.5. The highest BCUT2D eigenvalue weighted by molar-refractivity contribution is 5.64. The van der Waals surface area contributed by atoms with Crippen LogP contribution >= 0.6 is 0 Å². The van der Waals surface area contributed by atoms with Crippen molar-refractivity contribution in [3.05, 3.63) is 54.4 Å². The molecule has 0 atom stereocenters. The second kappa shape index (κ2) is 8.78. The smallest absolute Gasteiger partial charge is 0.230 e. The summed E-state index contributed by atoms with van der Waals surface area (Å²) in [5.41, 5.74) is 2.88. The van der Waals surface area contributed by atoms with Gasteiger partial charge in [0.25, 0.3) is 0 Å². The molecule has 32 heavy (non-hydrogen) atoms. The largest absolute Gasteiger partial charge is 0.507 e. The van der Waals surface area contributed by atoms with Crippen molar-refractivity contribution in [2.75, 3.05) is 49.6 Å². The SMILES string of the molecule is N#Cc1cc(-c2ncnc(Nc3ccc(N4CCN(C5COC5)CC4)cc3)n2)ccc1O. The fourth-order valence-electron chi connectivity index (χ4n) is 3.92. The molecule has 0 unspecified atom stereocenters. The van der Waals surface area contributed by atoms with Crippen LogP contribution in [-0.2, 0) is 4.74 Å². The van der Waals surface area contributed by atoms with Gasteiger partial charge in [0.2, 0.25) is 5.95 Å². The number of rotatable bonds is 5. The summed E-state index contributed by atoms with van der Waals surface area (Å²) >= 11 is 0. The molecule has 5 rings (SSSR count). The molecule has 0 bridgehead atoms. The lowest BCUT2D eigenvalue weighted by atomic mass is 10.1. The van der Waals surface area contributed by atoms with Crippen LogP contribution in [0.4, 0.5) is 17.3 Å². The van der Waals surface area contributed by atoms with Gasteiger partial charge in [-0.05, 0) is 42.5 Å². The molecular formula is C23H23N7O2. The summed E-state index contributed by atoms with van der Waals surface area (Å²) < 4.78 is 5.31. The van der Waals surface area contributed by atoms with Gasteiger partial charge in [0.1, 0.15) is 18.1 Å². The minimum atomic E-state index is -0.0674. The van der Waals surface area contributed by atoms with Gasteiger partial charge in [0.05, 0.1) is 24.8 Å². The third-order valence-corrected chi connectivity index (χ3v) is 5.89. The molecule has 0 saturated carbocycles. The summed E-state index contributed by atoms with van der Waals surface area (Å²) in [6.45, 7) is 5.88. The van der Waals surface area contributed by atoms with E-state index in [0.717, 1.165) is 45.1 Å². The molecule has 0 spiro atoms. The first-order valence-corrected chi connectivity index (χ1v) is 10.6. The van der Waals surface area contributed by atoms with Crippen molar-refractivity contribution in [3.8, 4) is 23.2 Å². The monoisotopic (exact) mass is 429 g/mol. The van der Waals surface area contributed by atoms with Crippen molar-refractivity contribution in [1.82, 2.24) is 19.9 Å². The Labute approximate surface area is 185 Å². The number of phenolic OH excluding ortho intramolecular Hbond substituents is 1. The van der Waals surface area contributed by atoms with Crippen LogP contribution in [0.5, 0.6) is 5.75 Å². The van der Waals surface area contributed by atoms with Gasteiger partial charge in [0, 0.05) is 43.1 Å². The number of anilines is 3. The van der Waals surface area contributed by atoms with E-state index >= 15 is 0 Å². The number of aromatic nitrogens is 3. The normalized spacial score (nSPS) is 16.9. The number of nitriles is 1. The molecule has 2 saturated heterocycles. The average molecular weight is 429 g/mol. The Kier molecular flexibility index (Phi) is 5.54. The maximum Gasteiger partial charge on any atom is 0.230 e. The molecule has 0 amide bonds. The number of piperazine rings is 1. The van der Waals surface area contributed by atoms with Crippen LogP contribution in [-0.4, -0.2) is 70.4 Å². The van der Waals surface area contributed by atoms with E-state index in [-0.39, 0.29) is 11.3 Å². The van der Waals surface area contributed by atoms with Crippen LogP contribution in [0.3, 0.4) is 0 Å². The predicted octanol–water partition coefficient (Wildman–Crippen LogP) is 2.38. The Balaban J connectivity index is 1.24. The molecule has 2 aliphatic heterocycles. The van der Waals surface area contributed by atoms with E-state index in [0.29, 0.717) is 23.4 Å².